The first-order chi connectivity index (χ1) is 20.6. The van der Waals surface area contributed by atoms with Gasteiger partial charge < -0.3 is 15.0 Å². The van der Waals surface area contributed by atoms with Crippen LogP contribution in [0.2, 0.25) is 0 Å². The lowest BCUT2D eigenvalue weighted by Gasteiger charge is -2.34. The van der Waals surface area contributed by atoms with E-state index in [-0.39, 0.29) is 29.3 Å². The topological polar surface area (TPSA) is 96.0 Å². The molecule has 1 fully saturated rings. The van der Waals surface area contributed by atoms with Gasteiger partial charge in [-0.1, -0.05) is 76.1 Å². The molecule has 9 heteroatoms. The Labute approximate surface area is 256 Å². The Kier molecular flexibility index (Phi) is 10.9. The van der Waals surface area contributed by atoms with E-state index in [1.807, 2.05) is 43.3 Å². The van der Waals surface area contributed by atoms with E-state index in [9.17, 15) is 18.0 Å². The van der Waals surface area contributed by atoms with Crippen molar-refractivity contribution in [3.8, 4) is 5.75 Å². The number of amides is 2. The smallest absolute Gasteiger partial charge is 0.264 e. The summed E-state index contributed by atoms with van der Waals surface area (Å²) in [5.74, 6) is 0.205. The lowest BCUT2D eigenvalue weighted by atomic mass is 10.0. The van der Waals surface area contributed by atoms with E-state index < -0.39 is 28.5 Å². The predicted molar refractivity (Wildman–Crippen MR) is 170 cm³/mol. The molecule has 43 heavy (non-hydrogen) atoms. The highest BCUT2D eigenvalue weighted by Crippen LogP contribution is 2.27. The molecule has 0 saturated heterocycles. The molecule has 0 aliphatic heterocycles. The van der Waals surface area contributed by atoms with Crippen molar-refractivity contribution in [2.24, 2.45) is 0 Å². The molecule has 0 unspecified atom stereocenters. The van der Waals surface area contributed by atoms with Crippen LogP contribution >= 0.6 is 0 Å². The average molecular weight is 606 g/mol. The molecule has 4 rings (SSSR count). The van der Waals surface area contributed by atoms with E-state index in [1.54, 1.807) is 37.4 Å². The quantitative estimate of drug-likeness (QED) is 0.263. The van der Waals surface area contributed by atoms with Crippen molar-refractivity contribution in [3.63, 3.8) is 0 Å². The van der Waals surface area contributed by atoms with Gasteiger partial charge in [0.2, 0.25) is 11.8 Å². The van der Waals surface area contributed by atoms with Crippen LogP contribution in [0.25, 0.3) is 0 Å². The van der Waals surface area contributed by atoms with Crippen LogP contribution in [0.4, 0.5) is 5.69 Å². The fourth-order valence-corrected chi connectivity index (χ4v) is 6.96. The van der Waals surface area contributed by atoms with E-state index in [4.69, 9.17) is 4.74 Å². The first-order valence-electron chi connectivity index (χ1n) is 15.0. The van der Waals surface area contributed by atoms with Crippen LogP contribution in [-0.4, -0.2) is 50.9 Å². The lowest BCUT2D eigenvalue weighted by Crippen LogP contribution is -2.53. The van der Waals surface area contributed by atoms with Gasteiger partial charge >= 0.3 is 0 Å². The number of hydrogen-bond donors (Lipinski definition) is 1. The first-order valence-corrected chi connectivity index (χ1v) is 16.5. The number of carbonyl (C=O) groups excluding carboxylic acids is 2. The van der Waals surface area contributed by atoms with Gasteiger partial charge in [0.1, 0.15) is 18.3 Å². The van der Waals surface area contributed by atoms with Crippen molar-refractivity contribution < 1.29 is 22.7 Å². The van der Waals surface area contributed by atoms with Crippen LogP contribution in [0.5, 0.6) is 5.75 Å². The number of ether oxygens (including phenoxy) is 1. The van der Waals surface area contributed by atoms with Crippen molar-refractivity contribution in [1.82, 2.24) is 10.2 Å². The normalized spacial score (nSPS) is 14.3. The summed E-state index contributed by atoms with van der Waals surface area (Å²) >= 11 is 0. The maximum atomic E-state index is 14.3. The molecule has 1 aliphatic carbocycles. The van der Waals surface area contributed by atoms with Crippen LogP contribution in [0, 0.1) is 0 Å². The Bertz CT molecular complexity index is 1470. The zero-order chi connectivity index (χ0) is 31.0. The number of methoxy groups -OCH3 is 1. The summed E-state index contributed by atoms with van der Waals surface area (Å²) in [6, 6.07) is 22.0. The minimum Gasteiger partial charge on any atom is -0.497 e. The molecular weight excluding hydrogens is 562 g/mol. The third kappa shape index (κ3) is 7.96. The predicted octanol–water partition coefficient (Wildman–Crippen LogP) is 5.88. The van der Waals surface area contributed by atoms with Gasteiger partial charge in [-0.25, -0.2) is 8.42 Å². The maximum Gasteiger partial charge on any atom is 0.264 e. The molecule has 1 N–H and O–H groups in total. The second-order valence-corrected chi connectivity index (χ2v) is 13.2. The van der Waals surface area contributed by atoms with Gasteiger partial charge in [-0.15, -0.1) is 0 Å². The van der Waals surface area contributed by atoms with Crippen LogP contribution < -0.4 is 14.4 Å². The van der Waals surface area contributed by atoms with Gasteiger partial charge in [-0.05, 0) is 72.7 Å². The van der Waals surface area contributed by atoms with E-state index in [1.165, 1.54) is 17.0 Å². The fraction of sp³-hybridized carbons (Fsp3) is 0.412. The fourth-order valence-electron chi connectivity index (χ4n) is 5.53. The molecule has 8 nitrogen and oxygen atoms in total. The van der Waals surface area contributed by atoms with Gasteiger partial charge in [0.15, 0.2) is 0 Å². The summed E-state index contributed by atoms with van der Waals surface area (Å²) < 4.78 is 34.6. The minimum absolute atomic E-state index is 0.0844. The van der Waals surface area contributed by atoms with Crippen molar-refractivity contribution in [3.05, 3.63) is 90.0 Å². The summed E-state index contributed by atoms with van der Waals surface area (Å²) in [4.78, 5) is 29.5. The van der Waals surface area contributed by atoms with Crippen molar-refractivity contribution >= 4 is 27.5 Å². The number of nitrogens with one attached hydrogen (secondary N) is 1. The molecule has 0 aromatic heterocycles. The van der Waals surface area contributed by atoms with Gasteiger partial charge in [0, 0.05) is 12.6 Å². The van der Waals surface area contributed by atoms with E-state index >= 15 is 0 Å². The van der Waals surface area contributed by atoms with Gasteiger partial charge in [0.05, 0.1) is 17.7 Å². The van der Waals surface area contributed by atoms with Gasteiger partial charge in [-0.2, -0.15) is 0 Å². The number of rotatable bonds is 13. The summed E-state index contributed by atoms with van der Waals surface area (Å²) in [7, 11) is -2.53. The molecule has 230 valence electrons. The second kappa shape index (κ2) is 14.6. The Hall–Kier alpha value is -3.85. The Morgan fingerprint density at radius 3 is 2.23 bits per heavy atom. The average Bonchev–Trinajstić information content (AvgIpc) is 3.53. The Morgan fingerprint density at radius 1 is 0.953 bits per heavy atom. The molecule has 1 aliphatic rings. The summed E-state index contributed by atoms with van der Waals surface area (Å²) in [5.41, 5.74) is 2.21. The summed E-state index contributed by atoms with van der Waals surface area (Å²) in [6.45, 7) is 5.66. The van der Waals surface area contributed by atoms with Gasteiger partial charge in [-0.3, -0.25) is 13.9 Å². The SMILES string of the molecule is CC[C@@H](C(=O)NC1CCCC1)N(Cc1cccc(OC)c1)C(=O)CN(c1ccc(C(C)C)cc1)S(=O)(=O)c1ccccc1. The number of sulfonamides is 1. The summed E-state index contributed by atoms with van der Waals surface area (Å²) in [6.07, 6.45) is 4.35. The van der Waals surface area contributed by atoms with Crippen LogP contribution in [0.1, 0.15) is 69.9 Å². The monoisotopic (exact) mass is 605 g/mol. The van der Waals surface area contributed by atoms with Crippen molar-refractivity contribution in [2.75, 3.05) is 18.0 Å². The molecule has 1 saturated carbocycles. The zero-order valence-electron chi connectivity index (χ0n) is 25.5. The highest BCUT2D eigenvalue weighted by molar-refractivity contribution is 7.92. The largest absolute Gasteiger partial charge is 0.497 e. The Balaban J connectivity index is 1.72. The number of benzene rings is 3. The van der Waals surface area contributed by atoms with Crippen molar-refractivity contribution in [1.29, 1.82) is 0 Å². The summed E-state index contributed by atoms with van der Waals surface area (Å²) in [5, 5.41) is 3.14. The molecule has 0 heterocycles. The third-order valence-electron chi connectivity index (χ3n) is 8.03. The molecule has 0 bridgehead atoms. The molecule has 0 spiro atoms. The zero-order valence-corrected chi connectivity index (χ0v) is 26.3. The molecule has 0 radical (unpaired) electrons. The number of nitrogens with zero attached hydrogens (tertiary/aromatic N) is 2. The van der Waals surface area contributed by atoms with Crippen LogP contribution in [0.15, 0.2) is 83.8 Å². The number of hydrogen-bond acceptors (Lipinski definition) is 5. The molecular formula is C34H43N3O5S. The van der Waals surface area contributed by atoms with E-state index in [0.717, 1.165) is 41.1 Å². The van der Waals surface area contributed by atoms with Crippen molar-refractivity contribution in [2.45, 2.75) is 82.3 Å². The van der Waals surface area contributed by atoms with Gasteiger partial charge in [0.25, 0.3) is 10.0 Å². The minimum atomic E-state index is -4.11. The first kappa shape index (κ1) is 32.1. The Morgan fingerprint density at radius 2 is 1.63 bits per heavy atom. The molecule has 3 aromatic rings. The lowest BCUT2D eigenvalue weighted by molar-refractivity contribution is -0.140. The molecule has 1 atom stereocenters. The highest BCUT2D eigenvalue weighted by Gasteiger charge is 2.34. The van der Waals surface area contributed by atoms with E-state index in [2.05, 4.69) is 19.2 Å². The molecule has 3 aromatic carbocycles. The third-order valence-corrected chi connectivity index (χ3v) is 9.82. The van der Waals surface area contributed by atoms with Crippen LogP contribution in [0.3, 0.4) is 0 Å². The van der Waals surface area contributed by atoms with E-state index in [0.29, 0.717) is 17.9 Å². The highest BCUT2D eigenvalue weighted by atomic mass is 32.2. The number of anilines is 1. The second-order valence-electron chi connectivity index (χ2n) is 11.4. The maximum absolute atomic E-state index is 14.3. The number of carbonyl (C=O) groups is 2. The standard InChI is InChI=1S/C34H43N3O5S/c1-5-32(34(39)35-28-13-9-10-14-28)36(23-26-12-11-15-30(22-26)42-4)33(38)24-37(29-20-18-27(19-21-29)25(2)3)43(40,41)31-16-7-6-8-17-31/h6-8,11-12,15-22,25,28,32H,5,9-10,13-14,23-24H2,1-4H3,(H,35,39)/t32-/m0/s1. The molecule has 2 amide bonds. The van der Waals surface area contributed by atoms with Crippen LogP contribution in [-0.2, 0) is 26.2 Å².